The number of carboxylic acids is 2. The predicted octanol–water partition coefficient (Wildman–Crippen LogP) is 5.56. The Morgan fingerprint density at radius 3 is 1.22 bits per heavy atom. The van der Waals surface area contributed by atoms with Crippen molar-refractivity contribution in [3.05, 3.63) is 95.1 Å². The smallest absolute Gasteiger partial charge is 0.336 e. The van der Waals surface area contributed by atoms with E-state index in [1.54, 1.807) is 12.1 Å². The van der Waals surface area contributed by atoms with Crippen molar-refractivity contribution >= 4 is 39.7 Å². The van der Waals surface area contributed by atoms with Crippen molar-refractivity contribution in [1.82, 2.24) is 0 Å². The molecule has 0 spiro atoms. The van der Waals surface area contributed by atoms with Crippen molar-refractivity contribution < 1.29 is 19.8 Å². The van der Waals surface area contributed by atoms with Crippen LogP contribution in [-0.2, 0) is 10.3 Å². The van der Waals surface area contributed by atoms with Crippen molar-refractivity contribution in [3.8, 4) is 0 Å². The van der Waals surface area contributed by atoms with Gasteiger partial charge in [0, 0.05) is 10.3 Å². The van der Waals surface area contributed by atoms with Crippen LogP contribution in [0.25, 0.3) is 0 Å². The normalized spacial score (nSPS) is 12.6. The average molecular weight is 466 g/mol. The van der Waals surface area contributed by atoms with Crippen LogP contribution in [0, 0.1) is 0 Å². The van der Waals surface area contributed by atoms with Gasteiger partial charge in [0.25, 0.3) is 0 Å². The highest BCUT2D eigenvalue weighted by Crippen LogP contribution is 2.44. The monoisotopic (exact) mass is 466 g/mol. The third kappa shape index (κ3) is 5.44. The molecule has 0 aromatic heterocycles. The summed E-state index contributed by atoms with van der Waals surface area (Å²) >= 11 is 0. The Morgan fingerprint density at radius 2 is 0.938 bits per heavy atom. The van der Waals surface area contributed by atoms with Gasteiger partial charge >= 0.3 is 11.9 Å². The molecule has 0 bridgehead atoms. The zero-order valence-electron chi connectivity index (χ0n) is 18.6. The molecule has 3 aromatic carbocycles. The summed E-state index contributed by atoms with van der Waals surface area (Å²) in [6.45, 7) is 8.56. The fourth-order valence-electron chi connectivity index (χ4n) is 3.69. The molecule has 0 aliphatic heterocycles. The topological polar surface area (TPSA) is 74.6 Å². The zero-order chi connectivity index (χ0) is 23.5. The molecule has 2 unspecified atom stereocenters. The molecule has 0 radical (unpaired) electrons. The first kappa shape index (κ1) is 24.1. The summed E-state index contributed by atoms with van der Waals surface area (Å²) in [5.74, 6) is -2.44. The van der Waals surface area contributed by atoms with Crippen LogP contribution in [0.5, 0.6) is 0 Å². The van der Waals surface area contributed by atoms with Crippen molar-refractivity contribution in [2.45, 2.75) is 38.0 Å². The molecule has 0 aliphatic carbocycles. The summed E-state index contributed by atoms with van der Waals surface area (Å²) in [4.78, 5) is 23.7. The molecular weight excluding hydrogens is 438 g/mol. The van der Waals surface area contributed by atoms with Crippen LogP contribution in [0.2, 0.25) is 0 Å². The molecule has 0 amide bonds. The molecule has 2 N–H and O–H groups in total. The number of rotatable bonds is 8. The number of hydrogen-bond donors (Lipinski definition) is 2. The first-order chi connectivity index (χ1) is 15.0. The van der Waals surface area contributed by atoms with E-state index in [2.05, 4.69) is 52.0 Å². The van der Waals surface area contributed by atoms with E-state index in [1.807, 2.05) is 36.4 Å². The van der Waals surface area contributed by atoms with Crippen molar-refractivity contribution in [2.75, 3.05) is 0 Å². The highest BCUT2D eigenvalue weighted by molar-refractivity contribution is 7.55. The Morgan fingerprint density at radius 1 is 0.625 bits per heavy atom. The van der Waals surface area contributed by atoms with Crippen LogP contribution in [0.1, 0.15) is 59.5 Å². The molecule has 0 saturated heterocycles. The number of carboxylic acid groups (broad SMARTS) is 2. The Hall–Kier alpha value is -2.54. The van der Waals surface area contributed by atoms with Gasteiger partial charge < -0.3 is 10.2 Å². The van der Waals surface area contributed by atoms with E-state index in [-0.39, 0.29) is 38.6 Å². The Kier molecular flexibility index (Phi) is 7.18. The van der Waals surface area contributed by atoms with Gasteiger partial charge in [0.05, 0.1) is 11.1 Å². The number of aromatic carboxylic acids is 2. The highest BCUT2D eigenvalue weighted by atomic mass is 31.1. The van der Waals surface area contributed by atoms with E-state index in [0.717, 1.165) is 21.7 Å². The fourth-order valence-corrected chi connectivity index (χ4v) is 6.88. The van der Waals surface area contributed by atoms with E-state index in [9.17, 15) is 19.8 Å². The molecule has 6 heteroatoms. The van der Waals surface area contributed by atoms with Gasteiger partial charge in [-0.1, -0.05) is 106 Å². The van der Waals surface area contributed by atoms with Gasteiger partial charge in [-0.25, -0.2) is 9.59 Å². The maximum absolute atomic E-state index is 11.9. The van der Waals surface area contributed by atoms with Gasteiger partial charge in [0.1, 0.15) is 0 Å². The third-order valence-corrected chi connectivity index (χ3v) is 8.95. The molecule has 32 heavy (non-hydrogen) atoms. The zero-order valence-corrected chi connectivity index (χ0v) is 20.6. The SMILES string of the molecule is CC(C)(Pc1cc(C(=O)O)c(C(=O)O)cc1PC(C)(C)c1ccccc1)c1ccccc1. The average Bonchev–Trinajstić information content (AvgIpc) is 2.75. The van der Waals surface area contributed by atoms with E-state index >= 15 is 0 Å². The highest BCUT2D eigenvalue weighted by Gasteiger charge is 2.29. The van der Waals surface area contributed by atoms with Crippen LogP contribution < -0.4 is 10.6 Å². The Labute approximate surface area is 192 Å². The number of carbonyl (C=O) groups is 2. The second kappa shape index (κ2) is 9.53. The molecule has 3 rings (SSSR count). The molecule has 0 saturated carbocycles. The largest absolute Gasteiger partial charge is 0.478 e. The lowest BCUT2D eigenvalue weighted by Gasteiger charge is -2.30. The van der Waals surface area contributed by atoms with Gasteiger partial charge in [0.2, 0.25) is 0 Å². The molecule has 0 fully saturated rings. The number of hydrogen-bond acceptors (Lipinski definition) is 2. The van der Waals surface area contributed by atoms with Crippen LogP contribution in [0.15, 0.2) is 72.8 Å². The standard InChI is InChI=1S/C26H28O4P2/c1-25(2,17-11-7-5-8-12-17)31-21-15-19(23(27)28)20(24(29)30)16-22(21)32-26(3,4)18-13-9-6-10-14-18/h5-16,31-32H,1-4H3,(H,27,28)(H,29,30). The van der Waals surface area contributed by atoms with E-state index in [4.69, 9.17) is 0 Å². The lowest BCUT2D eigenvalue weighted by Crippen LogP contribution is -2.29. The molecule has 2 atom stereocenters. The minimum absolute atomic E-state index is 0.157. The summed E-state index contributed by atoms with van der Waals surface area (Å²) < 4.78 is 0. The lowest BCUT2D eigenvalue weighted by molar-refractivity contribution is 0.0652. The van der Waals surface area contributed by atoms with E-state index in [0.29, 0.717) is 0 Å². The summed E-state index contributed by atoms with van der Waals surface area (Å²) in [6, 6.07) is 23.4. The number of benzene rings is 3. The second-order valence-electron chi connectivity index (χ2n) is 8.79. The van der Waals surface area contributed by atoms with Crippen molar-refractivity contribution in [1.29, 1.82) is 0 Å². The molecule has 0 aliphatic rings. The summed E-state index contributed by atoms with van der Waals surface area (Å²) in [6.07, 6.45) is 0. The molecule has 166 valence electrons. The Bertz CT molecular complexity index is 1030. The van der Waals surface area contributed by atoms with Gasteiger partial charge in [0.15, 0.2) is 0 Å². The molecule has 3 aromatic rings. The van der Waals surface area contributed by atoms with Crippen molar-refractivity contribution in [2.24, 2.45) is 0 Å². The van der Waals surface area contributed by atoms with Gasteiger partial charge in [-0.15, -0.1) is 0 Å². The minimum Gasteiger partial charge on any atom is -0.478 e. The maximum Gasteiger partial charge on any atom is 0.336 e. The maximum atomic E-state index is 11.9. The van der Waals surface area contributed by atoms with Crippen LogP contribution in [0.3, 0.4) is 0 Å². The first-order valence-corrected chi connectivity index (χ1v) is 12.3. The predicted molar refractivity (Wildman–Crippen MR) is 135 cm³/mol. The second-order valence-corrected chi connectivity index (χ2v) is 12.9. The minimum atomic E-state index is -1.22. The summed E-state index contributed by atoms with van der Waals surface area (Å²) in [7, 11) is 0.561. The molecular formula is C26H28O4P2. The van der Waals surface area contributed by atoms with E-state index in [1.165, 1.54) is 0 Å². The third-order valence-electron chi connectivity index (χ3n) is 5.50. The van der Waals surface area contributed by atoms with Gasteiger partial charge in [-0.3, -0.25) is 0 Å². The summed E-state index contributed by atoms with van der Waals surface area (Å²) in [5, 5.41) is 20.8. The van der Waals surface area contributed by atoms with Crippen LogP contribution in [0.4, 0.5) is 0 Å². The van der Waals surface area contributed by atoms with Crippen LogP contribution >= 0.6 is 17.2 Å². The first-order valence-electron chi connectivity index (χ1n) is 10.3. The molecule has 4 nitrogen and oxygen atoms in total. The van der Waals surface area contributed by atoms with Crippen LogP contribution in [-0.4, -0.2) is 22.2 Å². The van der Waals surface area contributed by atoms with Gasteiger partial charge in [-0.05, 0) is 33.9 Å². The summed E-state index contributed by atoms with van der Waals surface area (Å²) in [5.41, 5.74) is 2.01. The lowest BCUT2D eigenvalue weighted by atomic mass is 10.0. The van der Waals surface area contributed by atoms with E-state index < -0.39 is 11.9 Å². The van der Waals surface area contributed by atoms with Gasteiger partial charge in [-0.2, -0.15) is 0 Å². The Balaban J connectivity index is 2.12. The fraction of sp³-hybridized carbons (Fsp3) is 0.231. The molecule has 0 heterocycles. The quantitative estimate of drug-likeness (QED) is 0.426. The van der Waals surface area contributed by atoms with Crippen molar-refractivity contribution in [3.63, 3.8) is 0 Å².